The quantitative estimate of drug-likeness (QED) is 0.405. The minimum atomic E-state index is -0.619. The zero-order valence-electron chi connectivity index (χ0n) is 20.1. The summed E-state index contributed by atoms with van der Waals surface area (Å²) >= 11 is 6.07. The van der Waals surface area contributed by atoms with Crippen molar-refractivity contribution >= 4 is 23.4 Å². The Labute approximate surface area is 207 Å². The maximum atomic E-state index is 13.6. The van der Waals surface area contributed by atoms with Crippen LogP contribution in [0.25, 0.3) is 0 Å². The van der Waals surface area contributed by atoms with Crippen LogP contribution in [0.5, 0.6) is 0 Å². The molecule has 0 fully saturated rings. The van der Waals surface area contributed by atoms with E-state index in [2.05, 4.69) is 29.6 Å². The van der Waals surface area contributed by atoms with Crippen LogP contribution in [0.15, 0.2) is 78.9 Å². The van der Waals surface area contributed by atoms with Gasteiger partial charge in [0.2, 0.25) is 11.8 Å². The molecule has 1 N–H and O–H groups in total. The maximum Gasteiger partial charge on any atom is 0.243 e. The van der Waals surface area contributed by atoms with Gasteiger partial charge in [-0.3, -0.25) is 9.59 Å². The molecule has 4 nitrogen and oxygen atoms in total. The van der Waals surface area contributed by atoms with Gasteiger partial charge in [0, 0.05) is 30.5 Å². The molecule has 0 heterocycles. The number of amides is 2. The van der Waals surface area contributed by atoms with Crippen LogP contribution in [0.4, 0.5) is 0 Å². The Morgan fingerprint density at radius 2 is 1.47 bits per heavy atom. The van der Waals surface area contributed by atoms with Gasteiger partial charge < -0.3 is 10.2 Å². The molecule has 0 aliphatic heterocycles. The molecule has 5 heteroatoms. The molecule has 178 valence electrons. The van der Waals surface area contributed by atoms with Crippen molar-refractivity contribution in [2.75, 3.05) is 0 Å². The van der Waals surface area contributed by atoms with Gasteiger partial charge in [-0.1, -0.05) is 83.9 Å². The fraction of sp³-hybridized carbons (Fsp3) is 0.310. The first-order chi connectivity index (χ1) is 16.3. The second kappa shape index (κ2) is 12.4. The van der Waals surface area contributed by atoms with Gasteiger partial charge in [-0.2, -0.15) is 0 Å². The zero-order valence-corrected chi connectivity index (χ0v) is 20.9. The van der Waals surface area contributed by atoms with E-state index in [1.54, 1.807) is 4.90 Å². The summed E-state index contributed by atoms with van der Waals surface area (Å²) in [5, 5.41) is 3.66. The fourth-order valence-corrected chi connectivity index (χ4v) is 4.00. The Morgan fingerprint density at radius 3 is 2.09 bits per heavy atom. The molecule has 0 bridgehead atoms. The molecule has 0 radical (unpaired) electrons. The Morgan fingerprint density at radius 1 is 0.853 bits per heavy atom. The molecule has 0 spiro atoms. The van der Waals surface area contributed by atoms with Crippen LogP contribution in [-0.4, -0.2) is 28.8 Å². The molecule has 2 amide bonds. The summed E-state index contributed by atoms with van der Waals surface area (Å²) in [5.74, 6) is -0.188. The van der Waals surface area contributed by atoms with Crippen LogP contribution in [-0.2, 0) is 29.0 Å². The molecule has 0 aliphatic carbocycles. The molecule has 0 aliphatic rings. The monoisotopic (exact) mass is 476 g/mol. The number of nitrogens with one attached hydrogen (secondary N) is 1. The van der Waals surface area contributed by atoms with Crippen LogP contribution >= 0.6 is 11.6 Å². The van der Waals surface area contributed by atoms with Crippen LogP contribution in [0.1, 0.15) is 42.5 Å². The van der Waals surface area contributed by atoms with Crippen molar-refractivity contribution < 1.29 is 9.59 Å². The molecule has 0 saturated heterocycles. The lowest BCUT2D eigenvalue weighted by Crippen LogP contribution is -2.51. The topological polar surface area (TPSA) is 49.4 Å². The van der Waals surface area contributed by atoms with Crippen molar-refractivity contribution in [3.63, 3.8) is 0 Å². The molecule has 0 saturated carbocycles. The Balaban J connectivity index is 1.89. The van der Waals surface area contributed by atoms with Gasteiger partial charge in [0.05, 0.1) is 0 Å². The average molecular weight is 477 g/mol. The van der Waals surface area contributed by atoms with E-state index in [9.17, 15) is 9.59 Å². The number of carbonyl (C=O) groups excluding carboxylic acids is 2. The summed E-state index contributed by atoms with van der Waals surface area (Å²) in [5.41, 5.74) is 4.24. The molecular weight excluding hydrogens is 444 g/mol. The summed E-state index contributed by atoms with van der Waals surface area (Å²) in [6.07, 6.45) is 1.40. The lowest BCUT2D eigenvalue weighted by molar-refractivity contribution is -0.141. The molecule has 34 heavy (non-hydrogen) atoms. The van der Waals surface area contributed by atoms with Gasteiger partial charge in [-0.15, -0.1) is 0 Å². The van der Waals surface area contributed by atoms with Gasteiger partial charge in [0.1, 0.15) is 6.04 Å². The number of aryl methyl sites for hydroxylation is 2. The number of halogens is 1. The zero-order chi connectivity index (χ0) is 24.5. The highest BCUT2D eigenvalue weighted by Crippen LogP contribution is 2.18. The molecule has 3 aromatic rings. The molecule has 0 aromatic heterocycles. The van der Waals surface area contributed by atoms with Crippen LogP contribution in [0.2, 0.25) is 5.02 Å². The molecule has 0 unspecified atom stereocenters. The van der Waals surface area contributed by atoms with E-state index in [0.29, 0.717) is 30.8 Å². The number of nitrogens with zero attached hydrogens (tertiary/aromatic N) is 1. The number of benzene rings is 3. The summed E-state index contributed by atoms with van der Waals surface area (Å²) in [4.78, 5) is 28.7. The maximum absolute atomic E-state index is 13.6. The second-order valence-electron chi connectivity index (χ2n) is 9.00. The Kier molecular flexibility index (Phi) is 9.29. The summed E-state index contributed by atoms with van der Waals surface area (Å²) < 4.78 is 0. The standard InChI is InChI=1S/C29H33ClN2O2/c1-21(2)31-29(34)27(19-24-7-5-4-6-8-24)32(20-25-13-16-26(30)17-14-25)28(33)18-15-23-11-9-22(3)10-12-23/h4-14,16-17,21,27H,15,18-20H2,1-3H3,(H,31,34)/t27-/m1/s1. The van der Waals surface area contributed by atoms with Gasteiger partial charge in [-0.05, 0) is 56.0 Å². The van der Waals surface area contributed by atoms with Crippen molar-refractivity contribution in [1.29, 1.82) is 0 Å². The van der Waals surface area contributed by atoms with E-state index < -0.39 is 6.04 Å². The van der Waals surface area contributed by atoms with Crippen LogP contribution in [0, 0.1) is 6.92 Å². The summed E-state index contributed by atoms with van der Waals surface area (Å²) in [7, 11) is 0. The van der Waals surface area contributed by atoms with E-state index >= 15 is 0 Å². The third-order valence-electron chi connectivity index (χ3n) is 5.72. The predicted octanol–water partition coefficient (Wildman–Crippen LogP) is 5.75. The minimum Gasteiger partial charge on any atom is -0.352 e. The average Bonchev–Trinajstić information content (AvgIpc) is 2.82. The van der Waals surface area contributed by atoms with Crippen LogP contribution in [0.3, 0.4) is 0 Å². The fourth-order valence-electron chi connectivity index (χ4n) is 3.87. The van der Waals surface area contributed by atoms with E-state index in [4.69, 9.17) is 11.6 Å². The summed E-state index contributed by atoms with van der Waals surface area (Å²) in [6.45, 7) is 6.25. The SMILES string of the molecule is Cc1ccc(CCC(=O)N(Cc2ccc(Cl)cc2)[C@H](Cc2ccccc2)C(=O)NC(C)C)cc1. The highest BCUT2D eigenvalue weighted by molar-refractivity contribution is 6.30. The number of hydrogen-bond donors (Lipinski definition) is 1. The Bertz CT molecular complexity index is 1060. The highest BCUT2D eigenvalue weighted by Gasteiger charge is 2.30. The van der Waals surface area contributed by atoms with Crippen molar-refractivity contribution in [1.82, 2.24) is 10.2 Å². The van der Waals surface area contributed by atoms with Crippen LogP contribution < -0.4 is 5.32 Å². The first kappa shape index (κ1) is 25.5. The lowest BCUT2D eigenvalue weighted by Gasteiger charge is -2.32. The third-order valence-corrected chi connectivity index (χ3v) is 5.97. The minimum absolute atomic E-state index is 0.0224. The van der Waals surface area contributed by atoms with Gasteiger partial charge in [0.25, 0.3) is 0 Å². The van der Waals surface area contributed by atoms with Gasteiger partial charge in [-0.25, -0.2) is 0 Å². The number of carbonyl (C=O) groups is 2. The predicted molar refractivity (Wildman–Crippen MR) is 139 cm³/mol. The molecule has 1 atom stereocenters. The van der Waals surface area contributed by atoms with E-state index in [0.717, 1.165) is 16.7 Å². The van der Waals surface area contributed by atoms with Crippen molar-refractivity contribution in [3.05, 3.63) is 106 Å². The number of hydrogen-bond acceptors (Lipinski definition) is 2. The smallest absolute Gasteiger partial charge is 0.243 e. The second-order valence-corrected chi connectivity index (χ2v) is 9.44. The van der Waals surface area contributed by atoms with Gasteiger partial charge in [0.15, 0.2) is 0 Å². The lowest BCUT2D eigenvalue weighted by atomic mass is 10.0. The van der Waals surface area contributed by atoms with E-state index in [1.165, 1.54) is 5.56 Å². The largest absolute Gasteiger partial charge is 0.352 e. The summed E-state index contributed by atoms with van der Waals surface area (Å²) in [6, 6.07) is 24.9. The molecule has 3 aromatic carbocycles. The molecular formula is C29H33ClN2O2. The number of rotatable bonds is 10. The van der Waals surface area contributed by atoms with Gasteiger partial charge >= 0.3 is 0 Å². The normalized spacial score (nSPS) is 11.8. The first-order valence-electron chi connectivity index (χ1n) is 11.8. The van der Waals surface area contributed by atoms with Crippen molar-refractivity contribution in [3.8, 4) is 0 Å². The Hall–Kier alpha value is -3.11. The first-order valence-corrected chi connectivity index (χ1v) is 12.1. The third kappa shape index (κ3) is 7.74. The highest BCUT2D eigenvalue weighted by atomic mass is 35.5. The van der Waals surface area contributed by atoms with E-state index in [1.807, 2.05) is 75.4 Å². The van der Waals surface area contributed by atoms with Crippen molar-refractivity contribution in [2.24, 2.45) is 0 Å². The molecule has 3 rings (SSSR count). The van der Waals surface area contributed by atoms with E-state index in [-0.39, 0.29) is 17.9 Å². The van der Waals surface area contributed by atoms with Crippen molar-refractivity contribution in [2.45, 2.75) is 58.7 Å².